The van der Waals surface area contributed by atoms with Crippen molar-refractivity contribution >= 4 is 5.84 Å². The first kappa shape index (κ1) is 40.2. The van der Waals surface area contributed by atoms with Gasteiger partial charge >= 0.3 is 0 Å². The molecule has 1 aliphatic carbocycles. The van der Waals surface area contributed by atoms with Gasteiger partial charge in [-0.1, -0.05) is 231 Å². The predicted octanol–water partition coefficient (Wildman–Crippen LogP) is 15.1. The van der Waals surface area contributed by atoms with Crippen molar-refractivity contribution in [2.45, 2.75) is 17.7 Å². The van der Waals surface area contributed by atoms with Gasteiger partial charge < -0.3 is 5.32 Å². The van der Waals surface area contributed by atoms with Crippen LogP contribution >= 0.6 is 0 Å². The second-order valence-corrected chi connectivity index (χ2v) is 17.5. The summed E-state index contributed by atoms with van der Waals surface area (Å²) in [6.07, 6.45) is -0.491. The molecule has 10 aromatic rings. The number of nitrogens with one attached hydrogen (secondary N) is 2. The van der Waals surface area contributed by atoms with E-state index in [1.54, 1.807) is 0 Å². The van der Waals surface area contributed by atoms with E-state index < -0.39 is 5.41 Å². The Morgan fingerprint density at radius 1 is 0.328 bits per heavy atom. The van der Waals surface area contributed by atoms with Gasteiger partial charge in [0.25, 0.3) is 0 Å². The van der Waals surface area contributed by atoms with Crippen LogP contribution in [0, 0.1) is 0 Å². The summed E-state index contributed by atoms with van der Waals surface area (Å²) in [6, 6.07) is 94.5. The third-order valence-corrected chi connectivity index (χ3v) is 13.6. The lowest BCUT2D eigenvalue weighted by Crippen LogP contribution is -2.45. The summed E-state index contributed by atoms with van der Waals surface area (Å²) in [6.45, 7) is 0. The first-order valence-electron chi connectivity index (χ1n) is 23.2. The highest BCUT2D eigenvalue weighted by Crippen LogP contribution is 2.58. The maximum atomic E-state index is 5.49. The van der Waals surface area contributed by atoms with E-state index in [9.17, 15) is 0 Å². The van der Waals surface area contributed by atoms with Crippen LogP contribution in [0.2, 0.25) is 0 Å². The van der Waals surface area contributed by atoms with Gasteiger partial charge in [-0.2, -0.15) is 0 Å². The van der Waals surface area contributed by atoms with Crippen LogP contribution in [-0.4, -0.2) is 5.84 Å². The second-order valence-electron chi connectivity index (χ2n) is 17.5. The van der Waals surface area contributed by atoms with Crippen molar-refractivity contribution in [2.24, 2.45) is 4.99 Å². The molecule has 3 nitrogen and oxygen atoms in total. The minimum atomic E-state index is -0.458. The average Bonchev–Trinajstić information content (AvgIpc) is 3.73. The summed E-state index contributed by atoms with van der Waals surface area (Å²) in [5.74, 6) is 0.845. The standard InChI is InChI=1S/C64H47N3/c1-6-21-44(22-7-1)51-41-52(45-23-8-2-9-24-45)43-53(42-51)63-66-61(46-25-10-3-11-26-46)65-62(67-63)50-30-19-28-48(40-50)47-27-18-29-49(39-47)56-36-20-38-59-60(56)57-35-16-17-37-58(57)64(59,54-31-12-4-13-32-54)55-33-14-5-15-34-55/h1-43,61,63,66H,(H,65,67). The van der Waals surface area contributed by atoms with Gasteiger partial charge in [0, 0.05) is 5.56 Å². The Hall–Kier alpha value is -8.37. The fourth-order valence-corrected chi connectivity index (χ4v) is 10.5. The molecule has 0 fully saturated rings. The zero-order valence-corrected chi connectivity index (χ0v) is 36.9. The molecule has 1 aliphatic heterocycles. The highest BCUT2D eigenvalue weighted by Gasteiger charge is 2.46. The Morgan fingerprint density at radius 2 is 0.776 bits per heavy atom. The summed E-state index contributed by atoms with van der Waals surface area (Å²) < 4.78 is 0. The molecule has 0 radical (unpaired) electrons. The molecule has 0 saturated carbocycles. The number of fused-ring (bicyclic) bond motifs is 3. The molecule has 2 aliphatic rings. The SMILES string of the molecule is c1ccc(-c2cc(-c3ccccc3)cc(C3N=C(c4cccc(-c5cccc(-c6cccc7c6-c6ccccc6C7(c6ccccc6)c6ccccc6)c5)c4)NC(c4ccccc4)N3)c2)cc1. The quantitative estimate of drug-likeness (QED) is 0.152. The van der Waals surface area contributed by atoms with E-state index in [-0.39, 0.29) is 12.3 Å². The number of aliphatic imine (C=N–C) groups is 1. The van der Waals surface area contributed by atoms with Crippen LogP contribution < -0.4 is 10.6 Å². The van der Waals surface area contributed by atoms with Crippen LogP contribution in [0.25, 0.3) is 55.6 Å². The molecule has 0 bridgehead atoms. The summed E-state index contributed by atoms with van der Waals surface area (Å²) in [4.78, 5) is 5.49. The smallest absolute Gasteiger partial charge is 0.131 e. The van der Waals surface area contributed by atoms with E-state index in [1.165, 1.54) is 55.6 Å². The molecule has 2 N–H and O–H groups in total. The number of amidine groups is 1. The monoisotopic (exact) mass is 857 g/mol. The van der Waals surface area contributed by atoms with Gasteiger partial charge in [-0.3, -0.25) is 5.32 Å². The average molecular weight is 858 g/mol. The lowest BCUT2D eigenvalue weighted by molar-refractivity contribution is 0.409. The van der Waals surface area contributed by atoms with Gasteiger partial charge in [-0.25, -0.2) is 4.99 Å². The normalized spacial score (nSPS) is 15.7. The first-order chi connectivity index (χ1) is 33.2. The Morgan fingerprint density at radius 3 is 1.40 bits per heavy atom. The maximum Gasteiger partial charge on any atom is 0.131 e. The van der Waals surface area contributed by atoms with Crippen LogP contribution in [-0.2, 0) is 5.41 Å². The van der Waals surface area contributed by atoms with Crippen molar-refractivity contribution in [2.75, 3.05) is 0 Å². The summed E-state index contributed by atoms with van der Waals surface area (Å²) in [7, 11) is 0. The first-order valence-corrected chi connectivity index (χ1v) is 23.2. The lowest BCUT2D eigenvalue weighted by atomic mass is 9.67. The minimum Gasteiger partial charge on any atom is -0.350 e. The number of benzene rings is 10. The zero-order valence-electron chi connectivity index (χ0n) is 36.9. The van der Waals surface area contributed by atoms with E-state index >= 15 is 0 Å². The molecule has 0 aromatic heterocycles. The van der Waals surface area contributed by atoms with Crippen LogP contribution in [0.1, 0.15) is 51.3 Å². The largest absolute Gasteiger partial charge is 0.350 e. The van der Waals surface area contributed by atoms with Crippen molar-refractivity contribution in [3.8, 4) is 55.6 Å². The molecule has 3 heteroatoms. The molecule has 318 valence electrons. The van der Waals surface area contributed by atoms with Gasteiger partial charge in [0.1, 0.15) is 18.2 Å². The summed E-state index contributed by atoms with van der Waals surface area (Å²) >= 11 is 0. The van der Waals surface area contributed by atoms with Crippen molar-refractivity contribution in [1.29, 1.82) is 0 Å². The fraction of sp³-hybridized carbons (Fsp3) is 0.0469. The Bertz CT molecular complexity index is 3300. The number of hydrogen-bond acceptors (Lipinski definition) is 3. The van der Waals surface area contributed by atoms with Gasteiger partial charge in [0.05, 0.1) is 5.41 Å². The van der Waals surface area contributed by atoms with Crippen LogP contribution in [0.5, 0.6) is 0 Å². The lowest BCUT2D eigenvalue weighted by Gasteiger charge is -2.34. The number of nitrogens with zero attached hydrogens (tertiary/aromatic N) is 1. The van der Waals surface area contributed by atoms with Crippen molar-refractivity contribution < 1.29 is 0 Å². The highest BCUT2D eigenvalue weighted by atomic mass is 15.3. The molecular formula is C64H47N3. The minimum absolute atomic E-state index is 0.173. The van der Waals surface area contributed by atoms with Crippen LogP contribution in [0.15, 0.2) is 266 Å². The summed E-state index contributed by atoms with van der Waals surface area (Å²) in [5.41, 5.74) is 19.9. The molecule has 10 aromatic carbocycles. The number of hydrogen-bond donors (Lipinski definition) is 2. The molecular weight excluding hydrogens is 811 g/mol. The van der Waals surface area contributed by atoms with E-state index in [4.69, 9.17) is 4.99 Å². The molecule has 0 spiro atoms. The van der Waals surface area contributed by atoms with E-state index in [1.807, 2.05) is 0 Å². The fourth-order valence-electron chi connectivity index (χ4n) is 10.5. The third-order valence-electron chi connectivity index (χ3n) is 13.6. The van der Waals surface area contributed by atoms with Crippen molar-refractivity contribution in [3.63, 3.8) is 0 Å². The highest BCUT2D eigenvalue weighted by molar-refractivity contribution is 6.01. The van der Waals surface area contributed by atoms with E-state index in [0.29, 0.717) is 0 Å². The van der Waals surface area contributed by atoms with Crippen molar-refractivity contribution in [3.05, 3.63) is 300 Å². The third kappa shape index (κ3) is 7.27. The molecule has 0 amide bonds. The topological polar surface area (TPSA) is 36.4 Å². The van der Waals surface area contributed by atoms with E-state index in [2.05, 4.69) is 271 Å². The van der Waals surface area contributed by atoms with Crippen molar-refractivity contribution in [1.82, 2.24) is 10.6 Å². The van der Waals surface area contributed by atoms with Crippen LogP contribution in [0.4, 0.5) is 0 Å². The molecule has 12 rings (SSSR count). The Balaban J connectivity index is 0.957. The Kier molecular flexibility index (Phi) is 10.3. The van der Waals surface area contributed by atoms with Gasteiger partial charge in [0.15, 0.2) is 0 Å². The molecule has 2 atom stereocenters. The molecule has 0 saturated heterocycles. The second kappa shape index (κ2) is 17.2. The molecule has 2 unspecified atom stereocenters. The zero-order chi connectivity index (χ0) is 44.6. The van der Waals surface area contributed by atoms with Gasteiger partial charge in [-0.05, 0) is 119 Å². The molecule has 1 heterocycles. The number of rotatable bonds is 9. The maximum absolute atomic E-state index is 5.49. The van der Waals surface area contributed by atoms with Gasteiger partial charge in [0.2, 0.25) is 0 Å². The van der Waals surface area contributed by atoms with Crippen LogP contribution in [0.3, 0.4) is 0 Å². The van der Waals surface area contributed by atoms with Gasteiger partial charge in [-0.15, -0.1) is 0 Å². The Labute approximate surface area is 392 Å². The van der Waals surface area contributed by atoms with E-state index in [0.717, 1.165) is 44.8 Å². The predicted molar refractivity (Wildman–Crippen MR) is 277 cm³/mol. The summed E-state index contributed by atoms with van der Waals surface area (Å²) in [5, 5.41) is 7.68. The molecule has 67 heavy (non-hydrogen) atoms.